The Kier molecular flexibility index (Phi) is 4.77. The molecule has 4 nitrogen and oxygen atoms in total. The molecule has 110 valence electrons. The molecule has 0 radical (unpaired) electrons. The number of halogens is 1. The molecule has 0 spiro atoms. The highest BCUT2D eigenvalue weighted by Gasteiger charge is 2.17. The number of sulfonamides is 1. The Morgan fingerprint density at radius 1 is 1.10 bits per heavy atom. The van der Waals surface area contributed by atoms with Gasteiger partial charge in [0.15, 0.2) is 5.78 Å². The van der Waals surface area contributed by atoms with Crippen molar-refractivity contribution >= 4 is 27.4 Å². The number of carbonyl (C=O) groups excluding carboxylic acids is 1. The topological polar surface area (TPSA) is 63.2 Å². The van der Waals surface area contributed by atoms with Crippen molar-refractivity contribution in [2.24, 2.45) is 0 Å². The number of nitrogens with one attached hydrogen (secondary N) is 1. The summed E-state index contributed by atoms with van der Waals surface area (Å²) in [5.41, 5.74) is 1.26. The lowest BCUT2D eigenvalue weighted by atomic mass is 10.1. The molecule has 0 saturated carbocycles. The van der Waals surface area contributed by atoms with Gasteiger partial charge >= 0.3 is 0 Å². The summed E-state index contributed by atoms with van der Waals surface area (Å²) in [6.07, 6.45) is 0. The van der Waals surface area contributed by atoms with Gasteiger partial charge < -0.3 is 0 Å². The number of aryl methyl sites for hydroxylation is 1. The number of rotatable bonds is 5. The zero-order chi connectivity index (χ0) is 15.5. The van der Waals surface area contributed by atoms with Gasteiger partial charge in [-0.3, -0.25) is 4.79 Å². The highest BCUT2D eigenvalue weighted by Crippen LogP contribution is 2.15. The van der Waals surface area contributed by atoms with E-state index in [0.29, 0.717) is 10.6 Å². The standard InChI is InChI=1S/C15H14ClNO3S/c1-11-6-8-12(9-7-11)21(19,20)17-10-15(18)13-4-2-3-5-14(13)16/h2-9,17H,10H2,1H3. The summed E-state index contributed by atoms with van der Waals surface area (Å²) in [6, 6.07) is 12.9. The van der Waals surface area contributed by atoms with Crippen LogP contribution in [0.1, 0.15) is 15.9 Å². The smallest absolute Gasteiger partial charge is 0.240 e. The van der Waals surface area contributed by atoms with Crippen LogP contribution in [0.2, 0.25) is 5.02 Å². The van der Waals surface area contributed by atoms with E-state index in [9.17, 15) is 13.2 Å². The zero-order valence-electron chi connectivity index (χ0n) is 11.3. The Labute approximate surface area is 128 Å². The molecule has 1 N–H and O–H groups in total. The van der Waals surface area contributed by atoms with Crippen molar-refractivity contribution < 1.29 is 13.2 Å². The minimum absolute atomic E-state index is 0.125. The summed E-state index contributed by atoms with van der Waals surface area (Å²) in [7, 11) is -3.71. The van der Waals surface area contributed by atoms with Gasteiger partial charge in [-0.15, -0.1) is 0 Å². The van der Waals surface area contributed by atoms with Gasteiger partial charge in [-0.05, 0) is 31.2 Å². The fourth-order valence-corrected chi connectivity index (χ4v) is 2.97. The van der Waals surface area contributed by atoms with E-state index in [1.807, 2.05) is 6.92 Å². The second-order valence-corrected chi connectivity index (χ2v) is 6.71. The van der Waals surface area contributed by atoms with Crippen LogP contribution in [0.25, 0.3) is 0 Å². The lowest BCUT2D eigenvalue weighted by Crippen LogP contribution is -2.29. The summed E-state index contributed by atoms with van der Waals surface area (Å²) in [6.45, 7) is 1.53. The Balaban J connectivity index is 2.10. The lowest BCUT2D eigenvalue weighted by Gasteiger charge is -2.07. The second-order valence-electron chi connectivity index (χ2n) is 4.54. The summed E-state index contributed by atoms with van der Waals surface area (Å²) in [5.74, 6) is -0.378. The first-order valence-electron chi connectivity index (χ1n) is 6.24. The van der Waals surface area contributed by atoms with Crippen LogP contribution in [0.15, 0.2) is 53.4 Å². The zero-order valence-corrected chi connectivity index (χ0v) is 12.9. The van der Waals surface area contributed by atoms with Crippen molar-refractivity contribution in [1.29, 1.82) is 0 Å². The van der Waals surface area contributed by atoms with E-state index in [1.54, 1.807) is 36.4 Å². The molecule has 0 saturated heterocycles. The molecular weight excluding hydrogens is 310 g/mol. The number of benzene rings is 2. The molecule has 21 heavy (non-hydrogen) atoms. The molecule has 0 aromatic heterocycles. The summed E-state index contributed by atoms with van der Waals surface area (Å²) < 4.78 is 26.4. The molecule has 0 atom stereocenters. The molecular formula is C15H14ClNO3S. The van der Waals surface area contributed by atoms with Crippen molar-refractivity contribution in [2.75, 3.05) is 6.54 Å². The first kappa shape index (κ1) is 15.7. The molecule has 0 fully saturated rings. The normalized spacial score (nSPS) is 11.3. The van der Waals surface area contributed by atoms with Crippen LogP contribution in [0, 0.1) is 6.92 Å². The fourth-order valence-electron chi connectivity index (χ4n) is 1.74. The van der Waals surface area contributed by atoms with Gasteiger partial charge in [0.2, 0.25) is 10.0 Å². The van der Waals surface area contributed by atoms with Crippen molar-refractivity contribution in [3.05, 3.63) is 64.7 Å². The largest absolute Gasteiger partial charge is 0.293 e. The van der Waals surface area contributed by atoms with E-state index in [4.69, 9.17) is 11.6 Å². The molecule has 0 aliphatic rings. The minimum Gasteiger partial charge on any atom is -0.293 e. The molecule has 0 unspecified atom stereocenters. The van der Waals surface area contributed by atoms with Crippen molar-refractivity contribution in [1.82, 2.24) is 4.72 Å². The minimum atomic E-state index is -3.71. The van der Waals surface area contributed by atoms with Gasteiger partial charge in [0.1, 0.15) is 0 Å². The maximum atomic E-state index is 12.1. The highest BCUT2D eigenvalue weighted by molar-refractivity contribution is 7.89. The third kappa shape index (κ3) is 3.91. The number of hydrogen-bond acceptors (Lipinski definition) is 3. The van der Waals surface area contributed by atoms with Gasteiger partial charge in [-0.25, -0.2) is 13.1 Å². The Morgan fingerprint density at radius 3 is 2.33 bits per heavy atom. The van der Waals surface area contributed by atoms with E-state index < -0.39 is 10.0 Å². The van der Waals surface area contributed by atoms with E-state index in [2.05, 4.69) is 4.72 Å². The Morgan fingerprint density at radius 2 is 1.71 bits per heavy atom. The first-order valence-corrected chi connectivity index (χ1v) is 8.10. The number of Topliss-reactive ketones (excluding diaryl/α,β-unsaturated/α-hetero) is 1. The average molecular weight is 324 g/mol. The van der Waals surface area contributed by atoms with E-state index >= 15 is 0 Å². The molecule has 2 rings (SSSR count). The van der Waals surface area contributed by atoms with Crippen LogP contribution in [-0.4, -0.2) is 20.7 Å². The monoisotopic (exact) mass is 323 g/mol. The maximum absolute atomic E-state index is 12.1. The Bertz CT molecular complexity index is 755. The molecule has 2 aromatic carbocycles. The molecule has 0 aliphatic heterocycles. The number of carbonyl (C=O) groups is 1. The van der Waals surface area contributed by atoms with E-state index in [-0.39, 0.29) is 17.2 Å². The van der Waals surface area contributed by atoms with Gasteiger partial charge in [-0.1, -0.05) is 41.4 Å². The molecule has 2 aromatic rings. The highest BCUT2D eigenvalue weighted by atomic mass is 35.5. The van der Waals surface area contributed by atoms with Crippen LogP contribution in [0.4, 0.5) is 0 Å². The SMILES string of the molecule is Cc1ccc(S(=O)(=O)NCC(=O)c2ccccc2Cl)cc1. The molecule has 0 bridgehead atoms. The van der Waals surface area contributed by atoms with Crippen LogP contribution in [0.5, 0.6) is 0 Å². The molecule has 6 heteroatoms. The van der Waals surface area contributed by atoms with Crippen LogP contribution in [0.3, 0.4) is 0 Å². The molecule has 0 heterocycles. The van der Waals surface area contributed by atoms with E-state index in [1.165, 1.54) is 12.1 Å². The van der Waals surface area contributed by atoms with Crippen LogP contribution < -0.4 is 4.72 Å². The second kappa shape index (κ2) is 6.39. The van der Waals surface area contributed by atoms with Crippen LogP contribution >= 0.6 is 11.6 Å². The van der Waals surface area contributed by atoms with Crippen LogP contribution in [-0.2, 0) is 10.0 Å². The number of ketones is 1. The lowest BCUT2D eigenvalue weighted by molar-refractivity contribution is 0.0997. The molecule has 0 amide bonds. The van der Waals surface area contributed by atoms with Gasteiger partial charge in [-0.2, -0.15) is 0 Å². The molecule has 0 aliphatic carbocycles. The predicted molar refractivity (Wildman–Crippen MR) is 82.2 cm³/mol. The fraction of sp³-hybridized carbons (Fsp3) is 0.133. The third-order valence-corrected chi connectivity index (χ3v) is 4.68. The maximum Gasteiger partial charge on any atom is 0.240 e. The third-order valence-electron chi connectivity index (χ3n) is 2.93. The van der Waals surface area contributed by atoms with Crippen molar-refractivity contribution in [2.45, 2.75) is 11.8 Å². The van der Waals surface area contributed by atoms with Gasteiger partial charge in [0.05, 0.1) is 16.5 Å². The van der Waals surface area contributed by atoms with Crippen molar-refractivity contribution in [3.63, 3.8) is 0 Å². The van der Waals surface area contributed by atoms with Gasteiger partial charge in [0.25, 0.3) is 0 Å². The van der Waals surface area contributed by atoms with Gasteiger partial charge in [0, 0.05) is 5.56 Å². The van der Waals surface area contributed by atoms with Crippen molar-refractivity contribution in [3.8, 4) is 0 Å². The quantitative estimate of drug-likeness (QED) is 0.861. The predicted octanol–water partition coefficient (Wildman–Crippen LogP) is 2.81. The van der Waals surface area contributed by atoms with E-state index in [0.717, 1.165) is 5.56 Å². The summed E-state index contributed by atoms with van der Waals surface area (Å²) in [5, 5.41) is 0.303. The Hall–Kier alpha value is -1.69. The number of hydrogen-bond donors (Lipinski definition) is 1. The first-order chi connectivity index (χ1) is 9.90. The average Bonchev–Trinajstić information content (AvgIpc) is 2.46. The summed E-state index contributed by atoms with van der Waals surface area (Å²) >= 11 is 5.91. The summed E-state index contributed by atoms with van der Waals surface area (Å²) in [4.78, 5) is 12.1.